The van der Waals surface area contributed by atoms with E-state index >= 15 is 0 Å². The number of hydrogen-bond donors (Lipinski definition) is 1. The minimum absolute atomic E-state index is 0.352. The van der Waals surface area contributed by atoms with Gasteiger partial charge in [-0.05, 0) is 36.4 Å². The first-order valence-electron chi connectivity index (χ1n) is 6.28. The Bertz CT molecular complexity index is 802. The van der Waals surface area contributed by atoms with Gasteiger partial charge in [0.2, 0.25) is 5.13 Å². The van der Waals surface area contributed by atoms with Gasteiger partial charge in [0, 0.05) is 16.1 Å². The molecular weight excluding hydrogens is 325 g/mol. The monoisotopic (exact) mass is 333 g/mol. The molecule has 1 amide bonds. The SMILES string of the molecule is O=C(Nc1nnc(-c2ccc(Cl)cc2)s1)c1ccc(F)cc1. The summed E-state index contributed by atoms with van der Waals surface area (Å²) in [5.41, 5.74) is 1.22. The second-order valence-electron chi connectivity index (χ2n) is 4.38. The van der Waals surface area contributed by atoms with Gasteiger partial charge in [0.05, 0.1) is 0 Å². The molecule has 0 saturated carbocycles. The largest absolute Gasteiger partial charge is 0.296 e. The van der Waals surface area contributed by atoms with Crippen molar-refractivity contribution < 1.29 is 9.18 Å². The molecule has 1 N–H and O–H groups in total. The smallest absolute Gasteiger partial charge is 0.257 e. The first-order valence-corrected chi connectivity index (χ1v) is 7.47. The number of anilines is 1. The van der Waals surface area contributed by atoms with Crippen molar-refractivity contribution in [1.29, 1.82) is 0 Å². The van der Waals surface area contributed by atoms with E-state index in [1.807, 2.05) is 12.1 Å². The lowest BCUT2D eigenvalue weighted by atomic mass is 10.2. The van der Waals surface area contributed by atoms with Crippen molar-refractivity contribution in [2.24, 2.45) is 0 Å². The highest BCUT2D eigenvalue weighted by atomic mass is 35.5. The minimum Gasteiger partial charge on any atom is -0.296 e. The fourth-order valence-corrected chi connectivity index (χ4v) is 2.62. The predicted molar refractivity (Wildman–Crippen MR) is 84.7 cm³/mol. The second-order valence-corrected chi connectivity index (χ2v) is 5.79. The molecule has 0 unspecified atom stereocenters. The Morgan fingerprint density at radius 3 is 2.41 bits per heavy atom. The Kier molecular flexibility index (Phi) is 4.13. The van der Waals surface area contributed by atoms with Gasteiger partial charge in [-0.2, -0.15) is 0 Å². The molecule has 2 aromatic carbocycles. The van der Waals surface area contributed by atoms with E-state index in [4.69, 9.17) is 11.6 Å². The van der Waals surface area contributed by atoms with E-state index in [-0.39, 0.29) is 5.91 Å². The maximum Gasteiger partial charge on any atom is 0.257 e. The molecule has 4 nitrogen and oxygen atoms in total. The number of aromatic nitrogens is 2. The zero-order chi connectivity index (χ0) is 15.5. The van der Waals surface area contributed by atoms with E-state index in [0.29, 0.717) is 20.7 Å². The van der Waals surface area contributed by atoms with Crippen LogP contribution in [0.2, 0.25) is 5.02 Å². The number of carbonyl (C=O) groups is 1. The van der Waals surface area contributed by atoms with Crippen LogP contribution >= 0.6 is 22.9 Å². The zero-order valence-electron chi connectivity index (χ0n) is 11.1. The molecule has 0 radical (unpaired) electrons. The van der Waals surface area contributed by atoms with E-state index in [9.17, 15) is 9.18 Å². The molecule has 0 saturated heterocycles. The topological polar surface area (TPSA) is 54.9 Å². The fraction of sp³-hybridized carbons (Fsp3) is 0. The molecule has 22 heavy (non-hydrogen) atoms. The number of hydrogen-bond acceptors (Lipinski definition) is 4. The van der Waals surface area contributed by atoms with Gasteiger partial charge in [-0.3, -0.25) is 10.1 Å². The van der Waals surface area contributed by atoms with Crippen molar-refractivity contribution in [2.45, 2.75) is 0 Å². The van der Waals surface area contributed by atoms with E-state index in [0.717, 1.165) is 5.56 Å². The lowest BCUT2D eigenvalue weighted by Crippen LogP contribution is -2.11. The Labute approximate surface area is 134 Å². The summed E-state index contributed by atoms with van der Waals surface area (Å²) in [5, 5.41) is 12.3. The van der Waals surface area contributed by atoms with Crippen LogP contribution in [0.4, 0.5) is 9.52 Å². The summed E-state index contributed by atoms with van der Waals surface area (Å²) in [6.45, 7) is 0. The summed E-state index contributed by atoms with van der Waals surface area (Å²) < 4.78 is 12.8. The average Bonchev–Trinajstić information content (AvgIpc) is 2.97. The summed E-state index contributed by atoms with van der Waals surface area (Å²) in [6, 6.07) is 12.5. The first kappa shape index (κ1) is 14.6. The van der Waals surface area contributed by atoms with Crippen LogP contribution in [0.15, 0.2) is 48.5 Å². The number of halogens is 2. The van der Waals surface area contributed by atoms with Crippen LogP contribution in [0.3, 0.4) is 0 Å². The van der Waals surface area contributed by atoms with Gasteiger partial charge < -0.3 is 0 Å². The highest BCUT2D eigenvalue weighted by molar-refractivity contribution is 7.18. The lowest BCUT2D eigenvalue weighted by Gasteiger charge is -2.00. The summed E-state index contributed by atoms with van der Waals surface area (Å²) in [6.07, 6.45) is 0. The van der Waals surface area contributed by atoms with Crippen LogP contribution < -0.4 is 5.32 Å². The number of nitrogens with zero attached hydrogens (tertiary/aromatic N) is 2. The van der Waals surface area contributed by atoms with Crippen molar-refractivity contribution in [3.8, 4) is 10.6 Å². The van der Waals surface area contributed by atoms with Crippen LogP contribution in [0, 0.1) is 5.82 Å². The molecular formula is C15H9ClFN3OS. The molecule has 0 bridgehead atoms. The molecule has 0 aliphatic heterocycles. The summed E-state index contributed by atoms with van der Waals surface area (Å²) >= 11 is 7.08. The number of amides is 1. The number of rotatable bonds is 3. The Balaban J connectivity index is 1.75. The van der Waals surface area contributed by atoms with Crippen molar-refractivity contribution >= 4 is 34.0 Å². The first-order chi connectivity index (χ1) is 10.6. The fourth-order valence-electron chi connectivity index (χ4n) is 1.75. The minimum atomic E-state index is -0.391. The number of carbonyl (C=O) groups excluding carboxylic acids is 1. The molecule has 3 rings (SSSR count). The molecule has 0 fully saturated rings. The predicted octanol–water partition coefficient (Wildman–Crippen LogP) is 4.25. The van der Waals surface area contributed by atoms with Gasteiger partial charge in [-0.15, -0.1) is 10.2 Å². The molecule has 0 atom stereocenters. The van der Waals surface area contributed by atoms with E-state index in [1.165, 1.54) is 35.6 Å². The van der Waals surface area contributed by atoms with Crippen LogP contribution in [0.1, 0.15) is 10.4 Å². The maximum atomic E-state index is 12.8. The van der Waals surface area contributed by atoms with Crippen molar-refractivity contribution in [3.63, 3.8) is 0 Å². The van der Waals surface area contributed by atoms with Crippen molar-refractivity contribution in [3.05, 3.63) is 64.9 Å². The van der Waals surface area contributed by atoms with E-state index < -0.39 is 5.82 Å². The molecule has 1 heterocycles. The quantitative estimate of drug-likeness (QED) is 0.779. The van der Waals surface area contributed by atoms with Gasteiger partial charge >= 0.3 is 0 Å². The number of nitrogens with one attached hydrogen (secondary N) is 1. The molecule has 0 aliphatic rings. The Hall–Kier alpha value is -2.31. The Morgan fingerprint density at radius 2 is 1.73 bits per heavy atom. The van der Waals surface area contributed by atoms with Gasteiger partial charge in [0.25, 0.3) is 5.91 Å². The molecule has 7 heteroatoms. The second kappa shape index (κ2) is 6.21. The molecule has 0 spiro atoms. The van der Waals surface area contributed by atoms with Crippen molar-refractivity contribution in [2.75, 3.05) is 5.32 Å². The molecule has 110 valence electrons. The highest BCUT2D eigenvalue weighted by Gasteiger charge is 2.11. The molecule has 0 aliphatic carbocycles. The molecule has 1 aromatic heterocycles. The summed E-state index contributed by atoms with van der Waals surface area (Å²) in [4.78, 5) is 12.0. The summed E-state index contributed by atoms with van der Waals surface area (Å²) in [7, 11) is 0. The van der Waals surface area contributed by atoms with Gasteiger partial charge in [-0.1, -0.05) is 35.1 Å². The van der Waals surface area contributed by atoms with Crippen LogP contribution in [0.25, 0.3) is 10.6 Å². The van der Waals surface area contributed by atoms with Crippen LogP contribution in [-0.2, 0) is 0 Å². The van der Waals surface area contributed by atoms with Crippen LogP contribution in [0.5, 0.6) is 0 Å². The Morgan fingerprint density at radius 1 is 1.05 bits per heavy atom. The van der Waals surface area contributed by atoms with Gasteiger partial charge in [0.1, 0.15) is 10.8 Å². The van der Waals surface area contributed by atoms with Gasteiger partial charge in [-0.25, -0.2) is 4.39 Å². The zero-order valence-corrected chi connectivity index (χ0v) is 12.7. The number of benzene rings is 2. The summed E-state index contributed by atoms with van der Waals surface area (Å²) in [5.74, 6) is -0.753. The molecule has 3 aromatic rings. The third-order valence-corrected chi connectivity index (χ3v) is 3.98. The lowest BCUT2D eigenvalue weighted by molar-refractivity contribution is 0.102. The van der Waals surface area contributed by atoms with Crippen LogP contribution in [-0.4, -0.2) is 16.1 Å². The highest BCUT2D eigenvalue weighted by Crippen LogP contribution is 2.27. The average molecular weight is 334 g/mol. The van der Waals surface area contributed by atoms with E-state index in [1.54, 1.807) is 12.1 Å². The maximum absolute atomic E-state index is 12.8. The van der Waals surface area contributed by atoms with E-state index in [2.05, 4.69) is 15.5 Å². The van der Waals surface area contributed by atoms with Gasteiger partial charge in [0.15, 0.2) is 0 Å². The third kappa shape index (κ3) is 3.29. The normalized spacial score (nSPS) is 10.5. The standard InChI is InChI=1S/C15H9ClFN3OS/c16-11-5-1-10(2-6-11)14-19-20-15(22-14)18-13(21)9-3-7-12(17)8-4-9/h1-8H,(H,18,20,21). The van der Waals surface area contributed by atoms with Crippen molar-refractivity contribution in [1.82, 2.24) is 10.2 Å². The third-order valence-electron chi connectivity index (χ3n) is 2.84.